The van der Waals surface area contributed by atoms with Crippen LogP contribution in [0.15, 0.2) is 34.9 Å². The molecular weight excluding hydrogens is 381 g/mol. The van der Waals surface area contributed by atoms with Crippen molar-refractivity contribution in [3.05, 3.63) is 46.4 Å². The van der Waals surface area contributed by atoms with Crippen molar-refractivity contribution in [2.75, 3.05) is 0 Å². The number of aliphatic carboxylic acids is 1. The second-order valence-electron chi connectivity index (χ2n) is 5.76. The number of hydrogen-bond acceptors (Lipinski definition) is 3. The minimum atomic E-state index is -0.942. The van der Waals surface area contributed by atoms with E-state index < -0.39 is 17.9 Å². The molecule has 0 aliphatic heterocycles. The Balaban J connectivity index is 1.77. The molecule has 0 bridgehead atoms. The van der Waals surface area contributed by atoms with Gasteiger partial charge >= 0.3 is 5.97 Å². The van der Waals surface area contributed by atoms with Crippen LogP contribution < -0.4 is 5.32 Å². The Morgan fingerprint density at radius 3 is 2.62 bits per heavy atom. The van der Waals surface area contributed by atoms with Crippen LogP contribution >= 0.6 is 15.9 Å². The van der Waals surface area contributed by atoms with Crippen molar-refractivity contribution < 1.29 is 19.1 Å². The Labute approximate surface area is 145 Å². The van der Waals surface area contributed by atoms with Crippen molar-refractivity contribution in [2.45, 2.75) is 25.3 Å². The van der Waals surface area contributed by atoms with Crippen LogP contribution in [0.1, 0.15) is 29.8 Å². The van der Waals surface area contributed by atoms with E-state index in [1.54, 1.807) is 18.3 Å². The molecule has 1 atom stereocenters. The van der Waals surface area contributed by atoms with Crippen molar-refractivity contribution >= 4 is 27.8 Å². The Morgan fingerprint density at radius 2 is 2.04 bits per heavy atom. The SMILES string of the molecule is O=C(O)CC(NC(=O)c1nn(-c2ccc(F)cc2)cc1Br)C1CC1. The van der Waals surface area contributed by atoms with Gasteiger partial charge in [-0.25, -0.2) is 9.07 Å². The van der Waals surface area contributed by atoms with Gasteiger partial charge in [0.1, 0.15) is 5.82 Å². The summed E-state index contributed by atoms with van der Waals surface area (Å²) >= 11 is 3.29. The third-order valence-electron chi connectivity index (χ3n) is 3.88. The number of aromatic nitrogens is 2. The Kier molecular flexibility index (Phi) is 4.66. The topological polar surface area (TPSA) is 84.2 Å². The first-order chi connectivity index (χ1) is 11.4. The summed E-state index contributed by atoms with van der Waals surface area (Å²) in [5, 5.41) is 15.9. The first kappa shape index (κ1) is 16.6. The number of nitrogens with zero attached hydrogens (tertiary/aromatic N) is 2. The molecule has 1 heterocycles. The van der Waals surface area contributed by atoms with Gasteiger partial charge in [-0.1, -0.05) is 0 Å². The summed E-state index contributed by atoms with van der Waals surface area (Å²) in [6.07, 6.45) is 3.34. The molecule has 1 aromatic carbocycles. The smallest absolute Gasteiger partial charge is 0.305 e. The fourth-order valence-electron chi connectivity index (χ4n) is 2.49. The number of carboxylic acids is 1. The van der Waals surface area contributed by atoms with Crippen LogP contribution in [-0.4, -0.2) is 32.8 Å². The zero-order valence-electron chi connectivity index (χ0n) is 12.6. The fraction of sp³-hybridized carbons (Fsp3) is 0.312. The van der Waals surface area contributed by atoms with Gasteiger partial charge < -0.3 is 10.4 Å². The van der Waals surface area contributed by atoms with Crippen LogP contribution in [0.25, 0.3) is 5.69 Å². The zero-order valence-corrected chi connectivity index (χ0v) is 14.2. The molecule has 0 spiro atoms. The summed E-state index contributed by atoms with van der Waals surface area (Å²) in [7, 11) is 0. The molecule has 1 aromatic heterocycles. The normalized spacial score (nSPS) is 15.1. The molecule has 3 rings (SSSR count). The fourth-order valence-corrected chi connectivity index (χ4v) is 2.95. The highest BCUT2D eigenvalue weighted by molar-refractivity contribution is 9.10. The standard InChI is InChI=1S/C16H15BrFN3O3/c17-12-8-21(11-5-3-10(18)4-6-11)20-15(12)16(24)19-13(7-14(22)23)9-1-2-9/h3-6,8-9,13H,1-2,7H2,(H,19,24)(H,22,23). The maximum atomic E-state index is 13.0. The number of carbonyl (C=O) groups is 2. The largest absolute Gasteiger partial charge is 0.481 e. The van der Waals surface area contributed by atoms with Crippen molar-refractivity contribution in [3.63, 3.8) is 0 Å². The van der Waals surface area contributed by atoms with Gasteiger partial charge in [-0.3, -0.25) is 9.59 Å². The summed E-state index contributed by atoms with van der Waals surface area (Å²) in [4.78, 5) is 23.4. The lowest BCUT2D eigenvalue weighted by atomic mass is 10.1. The Morgan fingerprint density at radius 1 is 1.38 bits per heavy atom. The molecule has 8 heteroatoms. The van der Waals surface area contributed by atoms with E-state index in [1.807, 2.05) is 0 Å². The van der Waals surface area contributed by atoms with Gasteiger partial charge in [0.15, 0.2) is 5.69 Å². The van der Waals surface area contributed by atoms with Crippen molar-refractivity contribution in [2.24, 2.45) is 5.92 Å². The van der Waals surface area contributed by atoms with E-state index >= 15 is 0 Å². The predicted molar refractivity (Wildman–Crippen MR) is 87.5 cm³/mol. The Bertz CT molecular complexity index is 771. The molecule has 0 saturated heterocycles. The van der Waals surface area contributed by atoms with Crippen LogP contribution in [0, 0.1) is 11.7 Å². The van der Waals surface area contributed by atoms with E-state index in [4.69, 9.17) is 5.11 Å². The summed E-state index contributed by atoms with van der Waals surface area (Å²) in [6, 6.07) is 5.32. The average molecular weight is 396 g/mol. The van der Waals surface area contributed by atoms with Gasteiger partial charge in [0.2, 0.25) is 0 Å². The number of halogens is 2. The second-order valence-corrected chi connectivity index (χ2v) is 6.62. The maximum Gasteiger partial charge on any atom is 0.305 e. The minimum absolute atomic E-state index is 0.104. The lowest BCUT2D eigenvalue weighted by Gasteiger charge is -2.15. The molecule has 1 aliphatic carbocycles. The minimum Gasteiger partial charge on any atom is -0.481 e. The quantitative estimate of drug-likeness (QED) is 0.787. The first-order valence-electron chi connectivity index (χ1n) is 7.48. The van der Waals surface area contributed by atoms with E-state index in [1.165, 1.54) is 16.8 Å². The molecule has 6 nitrogen and oxygen atoms in total. The van der Waals surface area contributed by atoms with Crippen LogP contribution in [0.3, 0.4) is 0 Å². The summed E-state index contributed by atoms with van der Waals surface area (Å²) in [5.41, 5.74) is 0.774. The van der Waals surface area contributed by atoms with E-state index in [9.17, 15) is 14.0 Å². The van der Waals surface area contributed by atoms with Gasteiger partial charge in [-0.2, -0.15) is 5.10 Å². The highest BCUT2D eigenvalue weighted by Gasteiger charge is 2.34. The zero-order chi connectivity index (χ0) is 17.3. The third kappa shape index (κ3) is 3.81. The van der Waals surface area contributed by atoms with Gasteiger partial charge in [0, 0.05) is 12.2 Å². The predicted octanol–water partition coefficient (Wildman–Crippen LogP) is 2.76. The van der Waals surface area contributed by atoms with Crippen molar-refractivity contribution in [1.29, 1.82) is 0 Å². The van der Waals surface area contributed by atoms with Crippen LogP contribution in [-0.2, 0) is 4.79 Å². The number of nitrogens with one attached hydrogen (secondary N) is 1. The summed E-state index contributed by atoms with van der Waals surface area (Å²) < 4.78 is 14.9. The number of rotatable bonds is 6. The van der Waals surface area contributed by atoms with Crippen LogP contribution in [0.2, 0.25) is 0 Å². The number of benzene rings is 1. The lowest BCUT2D eigenvalue weighted by molar-refractivity contribution is -0.137. The van der Waals surface area contributed by atoms with Crippen LogP contribution in [0.5, 0.6) is 0 Å². The molecule has 2 aromatic rings. The monoisotopic (exact) mass is 395 g/mol. The third-order valence-corrected chi connectivity index (χ3v) is 4.46. The first-order valence-corrected chi connectivity index (χ1v) is 8.27. The number of hydrogen-bond donors (Lipinski definition) is 2. The second kappa shape index (κ2) is 6.72. The number of amides is 1. The Hall–Kier alpha value is -2.22. The highest BCUT2D eigenvalue weighted by atomic mass is 79.9. The van der Waals surface area contributed by atoms with Gasteiger partial charge in [-0.15, -0.1) is 0 Å². The molecule has 1 saturated carbocycles. The van der Waals surface area contributed by atoms with Crippen LogP contribution in [0.4, 0.5) is 4.39 Å². The lowest BCUT2D eigenvalue weighted by Crippen LogP contribution is -2.38. The van der Waals surface area contributed by atoms with E-state index in [-0.39, 0.29) is 23.8 Å². The van der Waals surface area contributed by atoms with Gasteiger partial charge in [0.05, 0.1) is 16.6 Å². The molecule has 2 N–H and O–H groups in total. The molecule has 24 heavy (non-hydrogen) atoms. The van der Waals surface area contributed by atoms with E-state index in [0.29, 0.717) is 10.2 Å². The molecule has 1 aliphatic rings. The van der Waals surface area contributed by atoms with E-state index in [2.05, 4.69) is 26.3 Å². The maximum absolute atomic E-state index is 13.0. The molecule has 1 fully saturated rings. The molecule has 1 unspecified atom stereocenters. The van der Waals surface area contributed by atoms with Crippen molar-refractivity contribution in [3.8, 4) is 5.69 Å². The molecule has 1 amide bonds. The molecular formula is C16H15BrFN3O3. The van der Waals surface area contributed by atoms with E-state index in [0.717, 1.165) is 12.8 Å². The molecule has 0 radical (unpaired) electrons. The van der Waals surface area contributed by atoms with Gasteiger partial charge in [-0.05, 0) is 59.0 Å². The molecule has 126 valence electrons. The number of carbonyl (C=O) groups excluding carboxylic acids is 1. The summed E-state index contributed by atoms with van der Waals surface area (Å²) in [5.74, 6) is -1.52. The highest BCUT2D eigenvalue weighted by Crippen LogP contribution is 2.34. The summed E-state index contributed by atoms with van der Waals surface area (Å²) in [6.45, 7) is 0. The van der Waals surface area contributed by atoms with Crippen molar-refractivity contribution in [1.82, 2.24) is 15.1 Å². The number of carboxylic acid groups (broad SMARTS) is 1. The van der Waals surface area contributed by atoms with Gasteiger partial charge in [0.25, 0.3) is 5.91 Å². The average Bonchev–Trinajstić information content (AvgIpc) is 3.29.